The summed E-state index contributed by atoms with van der Waals surface area (Å²) in [4.78, 5) is 20.2. The van der Waals surface area contributed by atoms with Crippen molar-refractivity contribution in [1.82, 2.24) is 15.3 Å². The Hall–Kier alpha value is -2.66. The van der Waals surface area contributed by atoms with E-state index in [0.29, 0.717) is 23.8 Å². The minimum absolute atomic E-state index is 0.160. The molecular formula is C19H21ClN4O. The molecule has 0 radical (unpaired) electrons. The van der Waals surface area contributed by atoms with Gasteiger partial charge in [-0.1, -0.05) is 24.2 Å². The van der Waals surface area contributed by atoms with Crippen LogP contribution in [0.4, 0.5) is 0 Å². The molecule has 0 aliphatic heterocycles. The highest BCUT2D eigenvalue weighted by Gasteiger charge is 2.09. The maximum atomic E-state index is 12.1. The number of pyridine rings is 2. The lowest BCUT2D eigenvalue weighted by atomic mass is 10.0. The predicted molar refractivity (Wildman–Crippen MR) is 101 cm³/mol. The van der Waals surface area contributed by atoms with Gasteiger partial charge in [-0.15, -0.1) is 0 Å². The summed E-state index contributed by atoms with van der Waals surface area (Å²) in [6.45, 7) is 7.73. The Morgan fingerprint density at radius 2 is 2.04 bits per heavy atom. The maximum absolute atomic E-state index is 12.1. The van der Waals surface area contributed by atoms with Crippen molar-refractivity contribution in [1.29, 1.82) is 0 Å². The number of aryl methyl sites for hydroxylation is 2. The number of rotatable bonds is 6. The van der Waals surface area contributed by atoms with E-state index in [9.17, 15) is 4.79 Å². The van der Waals surface area contributed by atoms with Gasteiger partial charge >= 0.3 is 0 Å². The van der Waals surface area contributed by atoms with Gasteiger partial charge in [-0.3, -0.25) is 9.78 Å². The van der Waals surface area contributed by atoms with E-state index in [2.05, 4.69) is 21.9 Å². The van der Waals surface area contributed by atoms with Crippen LogP contribution in [0, 0.1) is 6.92 Å². The number of amides is 1. The fourth-order valence-electron chi connectivity index (χ4n) is 2.25. The zero-order chi connectivity index (χ0) is 18.4. The summed E-state index contributed by atoms with van der Waals surface area (Å²) >= 11 is 5.90. The Morgan fingerprint density at radius 3 is 2.68 bits per heavy atom. The van der Waals surface area contributed by atoms with Gasteiger partial charge in [0, 0.05) is 25.0 Å². The normalized spacial score (nSPS) is 11.6. The zero-order valence-electron chi connectivity index (χ0n) is 14.3. The second-order valence-corrected chi connectivity index (χ2v) is 6.11. The van der Waals surface area contributed by atoms with Crippen LogP contribution in [0.5, 0.6) is 0 Å². The van der Waals surface area contributed by atoms with Crippen LogP contribution in [-0.4, -0.2) is 15.9 Å². The SMILES string of the molecule is C=C(/C(C)=C(\N)NC(=O)CCc1cnc(Cl)c(C)c1)c1ccncc1. The Bertz CT molecular complexity index is 815. The molecule has 3 N–H and O–H groups in total. The molecule has 0 spiro atoms. The fraction of sp³-hybridized carbons (Fsp3) is 0.211. The summed E-state index contributed by atoms with van der Waals surface area (Å²) in [6.07, 6.45) is 5.92. The molecule has 0 bridgehead atoms. The van der Waals surface area contributed by atoms with Crippen LogP contribution in [0.15, 0.2) is 54.8 Å². The Morgan fingerprint density at radius 1 is 1.36 bits per heavy atom. The molecule has 5 nitrogen and oxygen atoms in total. The van der Waals surface area contributed by atoms with Crippen LogP contribution in [0.1, 0.15) is 30.0 Å². The van der Waals surface area contributed by atoms with Gasteiger partial charge in [0.25, 0.3) is 0 Å². The molecule has 0 unspecified atom stereocenters. The number of carbonyl (C=O) groups excluding carboxylic acids is 1. The molecule has 0 aromatic carbocycles. The third-order valence-corrected chi connectivity index (χ3v) is 4.27. The van der Waals surface area contributed by atoms with E-state index in [0.717, 1.165) is 27.8 Å². The van der Waals surface area contributed by atoms with Crippen LogP contribution >= 0.6 is 11.6 Å². The van der Waals surface area contributed by atoms with E-state index in [4.69, 9.17) is 17.3 Å². The van der Waals surface area contributed by atoms with Crippen LogP contribution in [-0.2, 0) is 11.2 Å². The molecule has 1 amide bonds. The second-order valence-electron chi connectivity index (χ2n) is 5.75. The van der Waals surface area contributed by atoms with Crippen LogP contribution in [0.25, 0.3) is 5.57 Å². The number of halogens is 1. The van der Waals surface area contributed by atoms with E-state index < -0.39 is 0 Å². The molecule has 2 aromatic rings. The van der Waals surface area contributed by atoms with Crippen LogP contribution in [0.3, 0.4) is 0 Å². The predicted octanol–water partition coefficient (Wildman–Crippen LogP) is 3.39. The van der Waals surface area contributed by atoms with Crippen molar-refractivity contribution in [3.8, 4) is 0 Å². The number of nitrogens with zero attached hydrogens (tertiary/aromatic N) is 2. The number of allylic oxidation sites excluding steroid dienone is 2. The summed E-state index contributed by atoms with van der Waals surface area (Å²) in [5.41, 5.74) is 10.2. The van der Waals surface area contributed by atoms with Crippen LogP contribution < -0.4 is 11.1 Å². The topological polar surface area (TPSA) is 80.9 Å². The minimum atomic E-state index is -0.160. The molecule has 2 heterocycles. The highest BCUT2D eigenvalue weighted by atomic mass is 35.5. The number of carbonyl (C=O) groups is 1. The number of hydrogen-bond donors (Lipinski definition) is 2. The maximum Gasteiger partial charge on any atom is 0.225 e. The van der Waals surface area contributed by atoms with Gasteiger partial charge < -0.3 is 11.1 Å². The zero-order valence-corrected chi connectivity index (χ0v) is 15.1. The highest BCUT2D eigenvalue weighted by molar-refractivity contribution is 6.30. The monoisotopic (exact) mass is 356 g/mol. The minimum Gasteiger partial charge on any atom is -0.385 e. The summed E-state index contributed by atoms with van der Waals surface area (Å²) in [6, 6.07) is 5.62. The first-order valence-corrected chi connectivity index (χ1v) is 8.23. The number of nitrogens with two attached hydrogens (primary N) is 1. The van der Waals surface area contributed by atoms with Crippen molar-refractivity contribution in [2.24, 2.45) is 5.73 Å². The van der Waals surface area contributed by atoms with Gasteiger partial charge in [0.2, 0.25) is 5.91 Å². The Balaban J connectivity index is 1.96. The first kappa shape index (κ1) is 18.7. The van der Waals surface area contributed by atoms with E-state index in [-0.39, 0.29) is 5.91 Å². The number of aromatic nitrogens is 2. The molecule has 0 aliphatic rings. The van der Waals surface area contributed by atoms with E-state index in [1.165, 1.54) is 0 Å². The third-order valence-electron chi connectivity index (χ3n) is 3.87. The first-order chi connectivity index (χ1) is 11.9. The van der Waals surface area contributed by atoms with Gasteiger partial charge in [0.05, 0.1) is 0 Å². The Kier molecular flexibility index (Phi) is 6.31. The highest BCUT2D eigenvalue weighted by Crippen LogP contribution is 2.20. The van der Waals surface area contributed by atoms with Crippen molar-refractivity contribution < 1.29 is 4.79 Å². The van der Waals surface area contributed by atoms with Gasteiger partial charge in [-0.2, -0.15) is 0 Å². The molecule has 0 saturated carbocycles. The van der Waals surface area contributed by atoms with Gasteiger partial charge in [-0.05, 0) is 60.2 Å². The fourth-order valence-corrected chi connectivity index (χ4v) is 2.35. The van der Waals surface area contributed by atoms with E-state index >= 15 is 0 Å². The number of nitrogens with one attached hydrogen (secondary N) is 1. The van der Waals surface area contributed by atoms with Crippen molar-refractivity contribution in [3.63, 3.8) is 0 Å². The van der Waals surface area contributed by atoms with Crippen LogP contribution in [0.2, 0.25) is 5.15 Å². The lowest BCUT2D eigenvalue weighted by molar-refractivity contribution is -0.120. The van der Waals surface area contributed by atoms with Gasteiger partial charge in [0.1, 0.15) is 11.0 Å². The summed E-state index contributed by atoms with van der Waals surface area (Å²) in [7, 11) is 0. The lowest BCUT2D eigenvalue weighted by Crippen LogP contribution is -2.29. The molecule has 0 aliphatic carbocycles. The molecule has 0 saturated heterocycles. The first-order valence-electron chi connectivity index (χ1n) is 7.85. The molecule has 6 heteroatoms. The van der Waals surface area contributed by atoms with Gasteiger partial charge in [0.15, 0.2) is 0 Å². The summed E-state index contributed by atoms with van der Waals surface area (Å²) < 4.78 is 0. The number of hydrogen-bond acceptors (Lipinski definition) is 4. The summed E-state index contributed by atoms with van der Waals surface area (Å²) in [5, 5.41) is 3.20. The largest absolute Gasteiger partial charge is 0.385 e. The van der Waals surface area contributed by atoms with Crippen molar-refractivity contribution >= 4 is 23.1 Å². The van der Waals surface area contributed by atoms with Gasteiger partial charge in [-0.25, -0.2) is 4.98 Å². The van der Waals surface area contributed by atoms with E-state index in [1.807, 2.05) is 32.0 Å². The average Bonchev–Trinajstić information content (AvgIpc) is 2.62. The molecule has 25 heavy (non-hydrogen) atoms. The lowest BCUT2D eigenvalue weighted by Gasteiger charge is -2.12. The second kappa shape index (κ2) is 8.44. The molecule has 130 valence electrons. The standard InChI is InChI=1S/C19H21ClN4O/c1-12-10-15(11-23-18(12)20)4-5-17(25)24-19(21)14(3)13(2)16-6-8-22-9-7-16/h6-11H,2,4-5,21H2,1,3H3,(H,24,25)/b19-14+. The van der Waals surface area contributed by atoms with Crippen molar-refractivity contribution in [2.75, 3.05) is 0 Å². The van der Waals surface area contributed by atoms with E-state index in [1.54, 1.807) is 18.6 Å². The molecule has 0 atom stereocenters. The molecular weight excluding hydrogens is 336 g/mol. The third kappa shape index (κ3) is 5.16. The Labute approximate surface area is 152 Å². The average molecular weight is 357 g/mol. The summed E-state index contributed by atoms with van der Waals surface area (Å²) in [5.74, 6) is 0.143. The van der Waals surface area contributed by atoms with Crippen molar-refractivity contribution in [2.45, 2.75) is 26.7 Å². The van der Waals surface area contributed by atoms with Crippen molar-refractivity contribution in [3.05, 3.63) is 76.6 Å². The smallest absolute Gasteiger partial charge is 0.225 e. The molecule has 2 aromatic heterocycles. The quantitative estimate of drug-likeness (QED) is 0.614. The molecule has 2 rings (SSSR count). The molecule has 0 fully saturated rings.